The predicted octanol–water partition coefficient (Wildman–Crippen LogP) is 1.79. The van der Waals surface area contributed by atoms with Gasteiger partial charge in [0.1, 0.15) is 11.1 Å². The van der Waals surface area contributed by atoms with Crippen LogP contribution >= 0.6 is 11.3 Å². The molecule has 0 radical (unpaired) electrons. The summed E-state index contributed by atoms with van der Waals surface area (Å²) in [5.41, 5.74) is 0.0445. The van der Waals surface area contributed by atoms with E-state index in [1.165, 1.54) is 29.6 Å². The lowest BCUT2D eigenvalue weighted by atomic mass is 10.2. The van der Waals surface area contributed by atoms with Crippen molar-refractivity contribution in [3.63, 3.8) is 0 Å². The first-order valence-electron chi connectivity index (χ1n) is 7.72. The van der Waals surface area contributed by atoms with Gasteiger partial charge in [-0.05, 0) is 31.1 Å². The largest absolute Gasteiger partial charge is 0.476 e. The van der Waals surface area contributed by atoms with Crippen LogP contribution in [-0.4, -0.2) is 46.6 Å². The van der Waals surface area contributed by atoms with Crippen molar-refractivity contribution >= 4 is 23.2 Å². The molecule has 1 amide bonds. The Labute approximate surface area is 132 Å². The van der Waals surface area contributed by atoms with Crippen LogP contribution in [0.1, 0.15) is 40.9 Å². The molecule has 1 saturated heterocycles. The van der Waals surface area contributed by atoms with Crippen molar-refractivity contribution in [3.8, 4) is 0 Å². The number of carbonyl (C=O) groups is 2. The molecule has 1 aliphatic heterocycles. The Balaban J connectivity index is 1.40. The highest BCUT2D eigenvalue weighted by Crippen LogP contribution is 2.55. The number of thiazole rings is 1. The predicted molar refractivity (Wildman–Crippen MR) is 78.7 cm³/mol. The minimum absolute atomic E-state index is 0.0445. The van der Waals surface area contributed by atoms with Gasteiger partial charge >= 0.3 is 5.97 Å². The van der Waals surface area contributed by atoms with Gasteiger partial charge in [0.2, 0.25) is 5.91 Å². The smallest absolute Gasteiger partial charge is 0.355 e. The number of nitrogens with zero attached hydrogens (tertiary/aromatic N) is 2. The normalized spacial score (nSPS) is 31.1. The van der Waals surface area contributed by atoms with Crippen molar-refractivity contribution in [2.45, 2.75) is 25.4 Å². The minimum Gasteiger partial charge on any atom is -0.476 e. The van der Waals surface area contributed by atoms with Crippen LogP contribution in [0.15, 0.2) is 5.38 Å². The second-order valence-corrected chi connectivity index (χ2v) is 7.25. The summed E-state index contributed by atoms with van der Waals surface area (Å²) < 4.78 is 5.69. The molecule has 0 aromatic carbocycles. The number of carboxylic acid groups (broad SMARTS) is 1. The van der Waals surface area contributed by atoms with E-state index in [0.29, 0.717) is 30.6 Å². The number of hydrogen-bond donors (Lipinski definition) is 1. The molecule has 6 nitrogen and oxygen atoms in total. The molecule has 1 unspecified atom stereocenters. The lowest BCUT2D eigenvalue weighted by Crippen LogP contribution is -2.43. The molecule has 7 heteroatoms. The summed E-state index contributed by atoms with van der Waals surface area (Å²) in [5, 5.41) is 11.1. The van der Waals surface area contributed by atoms with Crippen LogP contribution in [0.3, 0.4) is 0 Å². The number of carboxylic acids is 1. The Morgan fingerprint density at radius 1 is 1.41 bits per heavy atom. The summed E-state index contributed by atoms with van der Waals surface area (Å²) in [6.45, 7) is 1.60. The first-order valence-corrected chi connectivity index (χ1v) is 8.60. The Morgan fingerprint density at radius 2 is 2.23 bits per heavy atom. The standard InChI is InChI=1S/C15H18N2O4S/c18-14(10-5-9(10)8-1-2-8)17-3-4-21-12(6-17)13-16-11(7-22-13)15(19)20/h7-10,12H,1-6H2,(H,19,20)/t9-,10+,12?/m0/s1. The number of rotatable bonds is 4. The van der Waals surface area contributed by atoms with Gasteiger partial charge < -0.3 is 14.7 Å². The van der Waals surface area contributed by atoms with Gasteiger partial charge in [0.25, 0.3) is 0 Å². The van der Waals surface area contributed by atoms with Crippen LogP contribution in [0.5, 0.6) is 0 Å². The van der Waals surface area contributed by atoms with Crippen LogP contribution in [-0.2, 0) is 9.53 Å². The summed E-state index contributed by atoms with van der Waals surface area (Å²) in [4.78, 5) is 29.4. The molecule has 2 heterocycles. The third-order valence-corrected chi connectivity index (χ3v) is 5.72. The van der Waals surface area contributed by atoms with E-state index in [-0.39, 0.29) is 23.6 Å². The Hall–Kier alpha value is -1.47. The molecule has 118 valence electrons. The molecule has 2 aliphatic carbocycles. The molecule has 0 spiro atoms. The van der Waals surface area contributed by atoms with Crippen molar-refractivity contribution < 1.29 is 19.4 Å². The molecule has 3 aliphatic rings. The number of amides is 1. The summed E-state index contributed by atoms with van der Waals surface area (Å²) >= 11 is 1.28. The zero-order valence-electron chi connectivity index (χ0n) is 12.1. The fourth-order valence-corrected chi connectivity index (χ4v) is 4.14. The zero-order chi connectivity index (χ0) is 15.3. The van der Waals surface area contributed by atoms with E-state index < -0.39 is 5.97 Å². The maximum Gasteiger partial charge on any atom is 0.355 e. The first-order chi connectivity index (χ1) is 10.6. The van der Waals surface area contributed by atoms with Crippen molar-refractivity contribution in [1.29, 1.82) is 0 Å². The number of aromatic nitrogens is 1. The van der Waals surface area contributed by atoms with E-state index in [9.17, 15) is 9.59 Å². The Morgan fingerprint density at radius 3 is 2.91 bits per heavy atom. The lowest BCUT2D eigenvalue weighted by molar-refractivity contribution is -0.140. The highest BCUT2D eigenvalue weighted by molar-refractivity contribution is 7.09. The summed E-state index contributed by atoms with van der Waals surface area (Å²) in [6, 6.07) is 0. The van der Waals surface area contributed by atoms with Gasteiger partial charge in [-0.15, -0.1) is 11.3 Å². The van der Waals surface area contributed by atoms with Crippen LogP contribution in [0, 0.1) is 17.8 Å². The van der Waals surface area contributed by atoms with Gasteiger partial charge in [-0.3, -0.25) is 4.79 Å². The zero-order valence-corrected chi connectivity index (χ0v) is 12.9. The molecule has 22 heavy (non-hydrogen) atoms. The summed E-state index contributed by atoms with van der Waals surface area (Å²) in [6.07, 6.45) is 3.33. The van der Waals surface area contributed by atoms with Crippen molar-refractivity contribution in [2.24, 2.45) is 17.8 Å². The fourth-order valence-electron chi connectivity index (χ4n) is 3.31. The van der Waals surface area contributed by atoms with Gasteiger partial charge in [-0.1, -0.05) is 0 Å². The minimum atomic E-state index is -1.03. The molecule has 0 bridgehead atoms. The van der Waals surface area contributed by atoms with Crippen molar-refractivity contribution in [1.82, 2.24) is 9.88 Å². The van der Waals surface area contributed by atoms with E-state index >= 15 is 0 Å². The molecule has 1 aromatic rings. The average Bonchev–Trinajstić information content (AvgIpc) is 3.42. The molecule has 1 N–H and O–H groups in total. The number of hydrogen-bond acceptors (Lipinski definition) is 5. The molecular weight excluding hydrogens is 304 g/mol. The molecule has 3 fully saturated rings. The molecule has 3 atom stereocenters. The number of morpholine rings is 1. The second kappa shape index (κ2) is 5.31. The Kier molecular flexibility index (Phi) is 3.41. The fraction of sp³-hybridized carbons (Fsp3) is 0.667. The average molecular weight is 322 g/mol. The topological polar surface area (TPSA) is 79.7 Å². The van der Waals surface area contributed by atoms with E-state index in [2.05, 4.69) is 4.98 Å². The summed E-state index contributed by atoms with van der Waals surface area (Å²) in [5.74, 6) is 0.851. The lowest BCUT2D eigenvalue weighted by Gasteiger charge is -2.32. The summed E-state index contributed by atoms with van der Waals surface area (Å²) in [7, 11) is 0. The van der Waals surface area contributed by atoms with Crippen molar-refractivity contribution in [2.75, 3.05) is 19.7 Å². The highest BCUT2D eigenvalue weighted by atomic mass is 32.1. The SMILES string of the molecule is O=C(O)c1csc(C2CN(C(=O)[C@@H]3C[C@H]3C3CC3)CCO2)n1. The maximum atomic E-state index is 12.6. The number of ether oxygens (including phenoxy) is 1. The van der Waals surface area contributed by atoms with Gasteiger partial charge in [0, 0.05) is 17.8 Å². The van der Waals surface area contributed by atoms with E-state index in [1.54, 1.807) is 0 Å². The van der Waals surface area contributed by atoms with E-state index in [4.69, 9.17) is 9.84 Å². The van der Waals surface area contributed by atoms with E-state index in [1.807, 2.05) is 4.90 Å². The molecule has 4 rings (SSSR count). The van der Waals surface area contributed by atoms with E-state index in [0.717, 1.165) is 12.3 Å². The quantitative estimate of drug-likeness (QED) is 0.914. The van der Waals surface area contributed by atoms with Crippen molar-refractivity contribution in [3.05, 3.63) is 16.1 Å². The molecule has 1 aromatic heterocycles. The number of carbonyl (C=O) groups excluding carboxylic acids is 1. The van der Waals surface area contributed by atoms with Crippen LogP contribution in [0.2, 0.25) is 0 Å². The molecule has 2 saturated carbocycles. The van der Waals surface area contributed by atoms with Crippen LogP contribution in [0.25, 0.3) is 0 Å². The molecular formula is C15H18N2O4S. The van der Waals surface area contributed by atoms with Gasteiger partial charge in [0.05, 0.1) is 13.2 Å². The monoisotopic (exact) mass is 322 g/mol. The van der Waals surface area contributed by atoms with Gasteiger partial charge in [-0.25, -0.2) is 9.78 Å². The van der Waals surface area contributed by atoms with Crippen LogP contribution < -0.4 is 0 Å². The van der Waals surface area contributed by atoms with Crippen LogP contribution in [0.4, 0.5) is 0 Å². The van der Waals surface area contributed by atoms with Gasteiger partial charge in [-0.2, -0.15) is 0 Å². The van der Waals surface area contributed by atoms with Gasteiger partial charge in [0.15, 0.2) is 5.69 Å². The Bertz CT molecular complexity index is 612. The second-order valence-electron chi connectivity index (χ2n) is 6.36. The third kappa shape index (κ3) is 2.63. The highest BCUT2D eigenvalue weighted by Gasteiger charge is 2.52. The first kappa shape index (κ1) is 14.1. The maximum absolute atomic E-state index is 12.6. The number of aromatic carboxylic acids is 1. The third-order valence-electron chi connectivity index (χ3n) is 4.78.